The normalized spacial score (nSPS) is 14.2. The number of fused-ring (bicyclic) bond motifs is 2. The van der Waals surface area contributed by atoms with Gasteiger partial charge in [0.25, 0.3) is 0 Å². The van der Waals surface area contributed by atoms with Crippen molar-refractivity contribution in [1.82, 2.24) is 10.2 Å². The van der Waals surface area contributed by atoms with Crippen LogP contribution in [-0.2, 0) is 13.0 Å². The van der Waals surface area contributed by atoms with E-state index >= 15 is 0 Å². The molecule has 2 aromatic rings. The Balaban J connectivity index is 2.10. The molecule has 2 aromatic heterocycles. The number of hydrogen-bond acceptors (Lipinski definition) is 3. The molecule has 0 aliphatic carbocycles. The first kappa shape index (κ1) is 7.15. The van der Waals surface area contributed by atoms with Crippen LogP contribution in [0.2, 0.25) is 0 Å². The lowest BCUT2D eigenvalue weighted by Crippen LogP contribution is -1.95. The van der Waals surface area contributed by atoms with Gasteiger partial charge in [0.2, 0.25) is 0 Å². The van der Waals surface area contributed by atoms with E-state index in [2.05, 4.69) is 27.0 Å². The fraction of sp³-hybridized carbons (Fsp3) is 0.222. The minimum Gasteiger partial charge on any atom is -0.372 e. The Morgan fingerprint density at radius 2 is 2.38 bits per heavy atom. The van der Waals surface area contributed by atoms with E-state index in [1.165, 1.54) is 21.8 Å². The maximum atomic E-state index is 4.04. The van der Waals surface area contributed by atoms with E-state index in [-0.39, 0.29) is 0 Å². The van der Waals surface area contributed by atoms with Crippen LogP contribution in [0.1, 0.15) is 16.8 Å². The summed E-state index contributed by atoms with van der Waals surface area (Å²) in [6, 6.07) is 2.17. The van der Waals surface area contributed by atoms with Gasteiger partial charge in [-0.15, -0.1) is 11.3 Å². The molecule has 0 fully saturated rings. The van der Waals surface area contributed by atoms with Crippen molar-refractivity contribution < 1.29 is 0 Å². The van der Waals surface area contributed by atoms with Crippen LogP contribution in [0.5, 0.6) is 0 Å². The SMILES string of the molecule is c1cc2c(s1)NCc1cn[nH]c1C2. The number of hydrogen-bond donors (Lipinski definition) is 2. The molecule has 0 radical (unpaired) electrons. The highest BCUT2D eigenvalue weighted by Gasteiger charge is 2.14. The second-order valence-electron chi connectivity index (χ2n) is 3.18. The third-order valence-electron chi connectivity index (χ3n) is 2.36. The second kappa shape index (κ2) is 2.60. The molecule has 3 heterocycles. The van der Waals surface area contributed by atoms with E-state index in [4.69, 9.17) is 0 Å². The molecule has 2 N–H and O–H groups in total. The molecule has 0 bridgehead atoms. The average Bonchev–Trinajstić information content (AvgIpc) is 2.72. The molecule has 0 saturated heterocycles. The summed E-state index contributed by atoms with van der Waals surface area (Å²) in [6.45, 7) is 0.888. The molecule has 0 atom stereocenters. The first-order chi connectivity index (χ1) is 6.43. The molecule has 0 spiro atoms. The number of aromatic amines is 1. The topological polar surface area (TPSA) is 40.7 Å². The van der Waals surface area contributed by atoms with Crippen molar-refractivity contribution in [2.24, 2.45) is 0 Å². The zero-order valence-electron chi connectivity index (χ0n) is 7.00. The molecule has 3 rings (SSSR count). The van der Waals surface area contributed by atoms with Crippen molar-refractivity contribution in [2.75, 3.05) is 5.32 Å². The Bertz CT molecular complexity index is 389. The molecule has 1 aliphatic heterocycles. The van der Waals surface area contributed by atoms with E-state index in [9.17, 15) is 0 Å². The van der Waals surface area contributed by atoms with Gasteiger partial charge in [0, 0.05) is 24.2 Å². The van der Waals surface area contributed by atoms with E-state index < -0.39 is 0 Å². The number of aromatic nitrogens is 2. The van der Waals surface area contributed by atoms with Crippen LogP contribution in [0.15, 0.2) is 17.6 Å². The molecule has 4 heteroatoms. The van der Waals surface area contributed by atoms with E-state index in [0.717, 1.165) is 13.0 Å². The summed E-state index contributed by atoms with van der Waals surface area (Å²) >= 11 is 1.77. The lowest BCUT2D eigenvalue weighted by atomic mass is 10.1. The quantitative estimate of drug-likeness (QED) is 0.668. The minimum atomic E-state index is 0.888. The number of nitrogens with zero attached hydrogens (tertiary/aromatic N) is 1. The van der Waals surface area contributed by atoms with Crippen LogP contribution in [0.4, 0.5) is 5.00 Å². The van der Waals surface area contributed by atoms with Crippen LogP contribution in [0.3, 0.4) is 0 Å². The third kappa shape index (κ3) is 1.06. The predicted octanol–water partition coefficient (Wildman–Crippen LogP) is 1.99. The molecular weight excluding hydrogens is 182 g/mol. The fourth-order valence-corrected chi connectivity index (χ4v) is 2.45. The lowest BCUT2D eigenvalue weighted by Gasteiger charge is -1.98. The highest BCUT2D eigenvalue weighted by atomic mass is 32.1. The molecule has 1 aliphatic rings. The van der Waals surface area contributed by atoms with Crippen molar-refractivity contribution in [3.63, 3.8) is 0 Å². The number of anilines is 1. The van der Waals surface area contributed by atoms with E-state index in [1.807, 2.05) is 6.20 Å². The first-order valence-electron chi connectivity index (χ1n) is 4.25. The average molecular weight is 191 g/mol. The van der Waals surface area contributed by atoms with Crippen LogP contribution >= 0.6 is 11.3 Å². The Morgan fingerprint density at radius 1 is 1.38 bits per heavy atom. The minimum absolute atomic E-state index is 0.888. The van der Waals surface area contributed by atoms with Crippen molar-refractivity contribution in [3.05, 3.63) is 34.5 Å². The van der Waals surface area contributed by atoms with Gasteiger partial charge in [-0.3, -0.25) is 5.10 Å². The Hall–Kier alpha value is -1.29. The lowest BCUT2D eigenvalue weighted by molar-refractivity contribution is 0.997. The van der Waals surface area contributed by atoms with E-state index in [0.29, 0.717) is 0 Å². The molecule has 0 amide bonds. The maximum Gasteiger partial charge on any atom is 0.0921 e. The molecule has 0 aromatic carbocycles. The van der Waals surface area contributed by atoms with Gasteiger partial charge in [-0.05, 0) is 17.0 Å². The summed E-state index contributed by atoms with van der Waals surface area (Å²) in [6.07, 6.45) is 2.88. The monoisotopic (exact) mass is 191 g/mol. The first-order valence-corrected chi connectivity index (χ1v) is 5.13. The number of rotatable bonds is 0. The Morgan fingerprint density at radius 3 is 3.38 bits per heavy atom. The smallest absolute Gasteiger partial charge is 0.0921 e. The molecular formula is C9H9N3S. The van der Waals surface area contributed by atoms with Crippen LogP contribution in [0, 0.1) is 0 Å². The summed E-state index contributed by atoms with van der Waals surface area (Å²) in [5.74, 6) is 0. The van der Waals surface area contributed by atoms with Crippen molar-refractivity contribution in [3.8, 4) is 0 Å². The number of thiophene rings is 1. The molecule has 3 nitrogen and oxygen atoms in total. The predicted molar refractivity (Wildman–Crippen MR) is 53.0 cm³/mol. The second-order valence-corrected chi connectivity index (χ2v) is 4.10. The van der Waals surface area contributed by atoms with Gasteiger partial charge in [-0.25, -0.2) is 0 Å². The Labute approximate surface area is 79.8 Å². The summed E-state index contributed by atoms with van der Waals surface area (Å²) in [7, 11) is 0. The zero-order valence-corrected chi connectivity index (χ0v) is 7.82. The molecule has 0 saturated carbocycles. The number of H-pyrrole nitrogens is 1. The molecule has 13 heavy (non-hydrogen) atoms. The third-order valence-corrected chi connectivity index (χ3v) is 3.28. The van der Waals surface area contributed by atoms with Gasteiger partial charge in [0.05, 0.1) is 11.2 Å². The van der Waals surface area contributed by atoms with Gasteiger partial charge in [-0.2, -0.15) is 5.10 Å². The van der Waals surface area contributed by atoms with Gasteiger partial charge in [0.15, 0.2) is 0 Å². The highest BCUT2D eigenvalue weighted by Crippen LogP contribution is 2.29. The summed E-state index contributed by atoms with van der Waals surface area (Å²) in [4.78, 5) is 0. The zero-order chi connectivity index (χ0) is 8.67. The molecule has 66 valence electrons. The van der Waals surface area contributed by atoms with Gasteiger partial charge >= 0.3 is 0 Å². The van der Waals surface area contributed by atoms with Gasteiger partial charge in [-0.1, -0.05) is 0 Å². The standard InChI is InChI=1S/C9H9N3S/c1-2-13-9-6(1)3-8-7(4-10-9)5-11-12-8/h1-2,5,10H,3-4H2,(H,11,12). The van der Waals surface area contributed by atoms with Crippen LogP contribution in [-0.4, -0.2) is 10.2 Å². The fourth-order valence-electron chi connectivity index (χ4n) is 1.64. The maximum absolute atomic E-state index is 4.04. The largest absolute Gasteiger partial charge is 0.372 e. The van der Waals surface area contributed by atoms with E-state index in [1.54, 1.807) is 11.3 Å². The van der Waals surface area contributed by atoms with Crippen molar-refractivity contribution in [2.45, 2.75) is 13.0 Å². The Kier molecular flexibility index (Phi) is 1.43. The number of nitrogens with one attached hydrogen (secondary N) is 2. The summed E-state index contributed by atoms with van der Waals surface area (Å²) in [5.41, 5.74) is 3.89. The highest BCUT2D eigenvalue weighted by molar-refractivity contribution is 7.14. The van der Waals surface area contributed by atoms with Crippen LogP contribution < -0.4 is 5.32 Å². The van der Waals surface area contributed by atoms with Crippen molar-refractivity contribution >= 4 is 16.3 Å². The van der Waals surface area contributed by atoms with Gasteiger partial charge in [0.1, 0.15) is 0 Å². The molecule has 0 unspecified atom stereocenters. The van der Waals surface area contributed by atoms with Gasteiger partial charge < -0.3 is 5.32 Å². The van der Waals surface area contributed by atoms with Crippen molar-refractivity contribution in [1.29, 1.82) is 0 Å². The van der Waals surface area contributed by atoms with Crippen LogP contribution in [0.25, 0.3) is 0 Å². The summed E-state index contributed by atoms with van der Waals surface area (Å²) < 4.78 is 0. The summed E-state index contributed by atoms with van der Waals surface area (Å²) in [5, 5.41) is 13.9.